The van der Waals surface area contributed by atoms with E-state index in [0.717, 1.165) is 23.7 Å². The quantitative estimate of drug-likeness (QED) is 0.652. The molecular weight excluding hydrogens is 464 g/mol. The molecule has 2 saturated heterocycles. The predicted octanol–water partition coefficient (Wildman–Crippen LogP) is 2.76. The van der Waals surface area contributed by atoms with Gasteiger partial charge in [-0.2, -0.15) is 16.1 Å². The van der Waals surface area contributed by atoms with Gasteiger partial charge in [-0.25, -0.2) is 8.42 Å². The zero-order valence-electron chi connectivity index (χ0n) is 18.1. The first-order valence-electron chi connectivity index (χ1n) is 11.0. The largest absolute Gasteiger partial charge is 0.454 e. The summed E-state index contributed by atoms with van der Waals surface area (Å²) in [5, 5.41) is 0.276. The predicted molar refractivity (Wildman–Crippen MR) is 124 cm³/mol. The molecule has 0 N–H and O–H groups in total. The van der Waals surface area contributed by atoms with Gasteiger partial charge in [-0.1, -0.05) is 6.07 Å². The average molecular weight is 491 g/mol. The van der Waals surface area contributed by atoms with Crippen LogP contribution in [0.2, 0.25) is 0 Å². The van der Waals surface area contributed by atoms with Gasteiger partial charge in [0.25, 0.3) is 5.91 Å². The van der Waals surface area contributed by atoms with Crippen molar-refractivity contribution in [2.24, 2.45) is 0 Å². The Kier molecular flexibility index (Phi) is 6.51. The minimum Gasteiger partial charge on any atom is -0.454 e. The fourth-order valence-electron chi connectivity index (χ4n) is 4.24. The number of hydrogen-bond acceptors (Lipinski definition) is 7. The van der Waals surface area contributed by atoms with E-state index in [1.165, 1.54) is 22.0 Å². The number of morpholine rings is 1. The molecule has 0 saturated carbocycles. The number of benzene rings is 2. The van der Waals surface area contributed by atoms with Crippen molar-refractivity contribution in [1.29, 1.82) is 0 Å². The third-order valence-corrected chi connectivity index (χ3v) is 9.35. The summed E-state index contributed by atoms with van der Waals surface area (Å²) in [4.78, 5) is 15.2. The molecule has 3 aliphatic rings. The Balaban J connectivity index is 1.24. The summed E-state index contributed by atoms with van der Waals surface area (Å²) >= 11 is 1.84. The lowest BCUT2D eigenvalue weighted by atomic mass is 10.1. The standard InChI is InChI=1S/C23H26N2O6S2/c26-23(17-1-4-19(5-2-17)33(27,28)25-9-12-29-13-10-25)24-8-7-22(32-14-11-24)18-3-6-20-21(15-18)31-16-30-20/h1-6,15,22H,7-14,16H2. The maximum absolute atomic E-state index is 13.1. The molecule has 0 aromatic heterocycles. The summed E-state index contributed by atoms with van der Waals surface area (Å²) in [6.07, 6.45) is 0.833. The maximum Gasteiger partial charge on any atom is 0.253 e. The van der Waals surface area contributed by atoms with E-state index in [4.69, 9.17) is 14.2 Å². The molecule has 0 spiro atoms. The summed E-state index contributed by atoms with van der Waals surface area (Å²) in [5.41, 5.74) is 1.68. The number of carbonyl (C=O) groups excluding carboxylic acids is 1. The Morgan fingerprint density at radius 3 is 2.48 bits per heavy atom. The van der Waals surface area contributed by atoms with Crippen molar-refractivity contribution in [3.63, 3.8) is 0 Å². The maximum atomic E-state index is 13.1. The molecule has 2 aromatic carbocycles. The molecule has 3 heterocycles. The van der Waals surface area contributed by atoms with Gasteiger partial charge in [0.15, 0.2) is 11.5 Å². The summed E-state index contributed by atoms with van der Waals surface area (Å²) in [5.74, 6) is 2.30. The first kappa shape index (κ1) is 22.5. The second kappa shape index (κ2) is 9.54. The average Bonchev–Trinajstić information content (AvgIpc) is 3.19. The molecule has 10 heteroatoms. The van der Waals surface area contributed by atoms with Gasteiger partial charge in [0.2, 0.25) is 16.8 Å². The second-order valence-corrected chi connectivity index (χ2v) is 11.3. The van der Waals surface area contributed by atoms with Crippen molar-refractivity contribution in [2.45, 2.75) is 16.6 Å². The van der Waals surface area contributed by atoms with Crippen LogP contribution < -0.4 is 9.47 Å². The number of fused-ring (bicyclic) bond motifs is 1. The highest BCUT2D eigenvalue weighted by atomic mass is 32.2. The van der Waals surface area contributed by atoms with E-state index in [2.05, 4.69) is 6.07 Å². The van der Waals surface area contributed by atoms with Gasteiger partial charge in [-0.3, -0.25) is 4.79 Å². The number of sulfonamides is 1. The summed E-state index contributed by atoms with van der Waals surface area (Å²) < 4.78 is 43.2. The molecule has 1 unspecified atom stereocenters. The van der Waals surface area contributed by atoms with Crippen molar-refractivity contribution in [2.75, 3.05) is 51.9 Å². The molecule has 2 fully saturated rings. The Labute approximate surface area is 197 Å². The van der Waals surface area contributed by atoms with Crippen molar-refractivity contribution in [3.05, 3.63) is 53.6 Å². The van der Waals surface area contributed by atoms with E-state index in [0.29, 0.717) is 45.0 Å². The van der Waals surface area contributed by atoms with Crippen LogP contribution in [-0.4, -0.2) is 75.5 Å². The first-order valence-corrected chi connectivity index (χ1v) is 13.5. The number of thioether (sulfide) groups is 1. The van der Waals surface area contributed by atoms with Crippen LogP contribution in [0.4, 0.5) is 0 Å². The van der Waals surface area contributed by atoms with E-state index >= 15 is 0 Å². The molecule has 2 aromatic rings. The molecule has 1 amide bonds. The molecule has 5 rings (SSSR count). The molecule has 0 aliphatic carbocycles. The van der Waals surface area contributed by atoms with E-state index < -0.39 is 10.0 Å². The van der Waals surface area contributed by atoms with Gasteiger partial charge in [0.05, 0.1) is 18.1 Å². The molecule has 1 atom stereocenters. The monoisotopic (exact) mass is 490 g/mol. The van der Waals surface area contributed by atoms with Crippen LogP contribution in [0.1, 0.15) is 27.6 Å². The molecule has 8 nitrogen and oxygen atoms in total. The normalized spacial score (nSPS) is 21.6. The number of hydrogen-bond donors (Lipinski definition) is 0. The Bertz CT molecular complexity index is 1120. The summed E-state index contributed by atoms with van der Waals surface area (Å²) in [6, 6.07) is 12.3. The lowest BCUT2D eigenvalue weighted by molar-refractivity contribution is 0.0730. The lowest BCUT2D eigenvalue weighted by Gasteiger charge is -2.26. The van der Waals surface area contributed by atoms with Crippen LogP contribution in [0, 0.1) is 0 Å². The first-order chi connectivity index (χ1) is 16.0. The van der Waals surface area contributed by atoms with Crippen LogP contribution in [0.3, 0.4) is 0 Å². The van der Waals surface area contributed by atoms with E-state index in [1.807, 2.05) is 28.8 Å². The van der Waals surface area contributed by atoms with Crippen molar-refractivity contribution in [3.8, 4) is 11.5 Å². The van der Waals surface area contributed by atoms with Crippen LogP contribution in [0.25, 0.3) is 0 Å². The third-order valence-electron chi connectivity index (χ3n) is 6.11. The molecule has 3 aliphatic heterocycles. The van der Waals surface area contributed by atoms with Crippen LogP contribution in [-0.2, 0) is 14.8 Å². The van der Waals surface area contributed by atoms with Crippen molar-refractivity contribution < 1.29 is 27.4 Å². The molecular formula is C23H26N2O6S2. The van der Waals surface area contributed by atoms with Crippen LogP contribution in [0.5, 0.6) is 11.5 Å². The van der Waals surface area contributed by atoms with Gasteiger partial charge >= 0.3 is 0 Å². The fraction of sp³-hybridized carbons (Fsp3) is 0.435. The molecule has 0 radical (unpaired) electrons. The second-order valence-electron chi connectivity index (χ2n) is 8.09. The van der Waals surface area contributed by atoms with E-state index in [9.17, 15) is 13.2 Å². The fourth-order valence-corrected chi connectivity index (χ4v) is 6.87. The number of carbonyl (C=O) groups is 1. The van der Waals surface area contributed by atoms with Gasteiger partial charge in [0.1, 0.15) is 0 Å². The highest BCUT2D eigenvalue weighted by molar-refractivity contribution is 7.99. The Morgan fingerprint density at radius 1 is 0.939 bits per heavy atom. The van der Waals surface area contributed by atoms with Gasteiger partial charge in [0, 0.05) is 42.7 Å². The van der Waals surface area contributed by atoms with Gasteiger partial charge in [-0.15, -0.1) is 0 Å². The number of nitrogens with zero attached hydrogens (tertiary/aromatic N) is 2. The Hall–Kier alpha value is -2.27. The lowest BCUT2D eigenvalue weighted by Crippen LogP contribution is -2.40. The summed E-state index contributed by atoms with van der Waals surface area (Å²) in [6.45, 7) is 3.03. The highest BCUT2D eigenvalue weighted by Gasteiger charge is 2.28. The Morgan fingerprint density at radius 2 is 1.70 bits per heavy atom. The topological polar surface area (TPSA) is 85.4 Å². The zero-order valence-corrected chi connectivity index (χ0v) is 19.8. The SMILES string of the molecule is O=C(c1ccc(S(=O)(=O)N2CCOCC2)cc1)N1CCSC(c2ccc3c(c2)OCO3)CC1. The van der Waals surface area contributed by atoms with Gasteiger partial charge in [-0.05, 0) is 48.4 Å². The van der Waals surface area contributed by atoms with Crippen molar-refractivity contribution >= 4 is 27.7 Å². The number of ether oxygens (including phenoxy) is 3. The summed E-state index contributed by atoms with van der Waals surface area (Å²) in [7, 11) is -3.57. The van der Waals surface area contributed by atoms with Crippen LogP contribution >= 0.6 is 11.8 Å². The minimum absolute atomic E-state index is 0.0720. The third kappa shape index (κ3) is 4.70. The van der Waals surface area contributed by atoms with E-state index in [1.54, 1.807) is 12.1 Å². The smallest absolute Gasteiger partial charge is 0.253 e. The number of rotatable bonds is 4. The highest BCUT2D eigenvalue weighted by Crippen LogP contribution is 2.40. The van der Waals surface area contributed by atoms with E-state index in [-0.39, 0.29) is 22.8 Å². The van der Waals surface area contributed by atoms with Gasteiger partial charge < -0.3 is 19.1 Å². The zero-order chi connectivity index (χ0) is 22.8. The molecule has 33 heavy (non-hydrogen) atoms. The molecule has 176 valence electrons. The van der Waals surface area contributed by atoms with Crippen molar-refractivity contribution in [1.82, 2.24) is 9.21 Å². The van der Waals surface area contributed by atoms with Crippen LogP contribution in [0.15, 0.2) is 47.4 Å². The minimum atomic E-state index is -3.57. The number of amides is 1. The molecule has 0 bridgehead atoms.